The van der Waals surface area contributed by atoms with Gasteiger partial charge in [0.1, 0.15) is 11.5 Å². The highest BCUT2D eigenvalue weighted by Crippen LogP contribution is 2.40. The van der Waals surface area contributed by atoms with E-state index in [1.165, 1.54) is 0 Å². The molecule has 1 atom stereocenters. The first-order valence-corrected chi connectivity index (χ1v) is 11.0. The summed E-state index contributed by atoms with van der Waals surface area (Å²) in [4.78, 5) is 27.5. The van der Waals surface area contributed by atoms with E-state index < -0.39 is 17.7 Å². The Labute approximate surface area is 188 Å². The van der Waals surface area contributed by atoms with Gasteiger partial charge in [-0.15, -0.1) is 0 Å². The maximum absolute atomic E-state index is 13.0. The number of ether oxygens (including phenoxy) is 1. The second kappa shape index (κ2) is 10.0. The number of ketones is 1. The number of benzene rings is 2. The molecule has 1 fully saturated rings. The molecule has 0 saturated carbocycles. The van der Waals surface area contributed by atoms with Crippen molar-refractivity contribution in [2.45, 2.75) is 46.1 Å². The van der Waals surface area contributed by atoms with E-state index in [9.17, 15) is 14.7 Å². The number of unbranched alkanes of at least 4 members (excludes halogenated alkanes) is 2. The largest absolute Gasteiger partial charge is 0.507 e. The summed E-state index contributed by atoms with van der Waals surface area (Å²) >= 11 is 6.05. The molecule has 1 amide bonds. The third-order valence-electron chi connectivity index (χ3n) is 5.48. The van der Waals surface area contributed by atoms with E-state index in [1.54, 1.807) is 47.4 Å². The lowest BCUT2D eigenvalue weighted by atomic mass is 9.94. The Morgan fingerprint density at radius 2 is 1.81 bits per heavy atom. The average Bonchev–Trinajstić information content (AvgIpc) is 3.00. The van der Waals surface area contributed by atoms with Gasteiger partial charge in [0.2, 0.25) is 0 Å². The minimum Gasteiger partial charge on any atom is -0.507 e. The highest BCUT2D eigenvalue weighted by Gasteiger charge is 2.45. The molecule has 1 aliphatic heterocycles. The maximum Gasteiger partial charge on any atom is 0.295 e. The molecule has 1 N–H and O–H groups in total. The van der Waals surface area contributed by atoms with Gasteiger partial charge in [0.15, 0.2) is 0 Å². The summed E-state index contributed by atoms with van der Waals surface area (Å²) in [6, 6.07) is 11.6. The summed E-state index contributed by atoms with van der Waals surface area (Å²) in [6.45, 7) is 6.84. The van der Waals surface area contributed by atoms with Crippen molar-refractivity contribution in [2.75, 3.05) is 13.2 Å². The van der Waals surface area contributed by atoms with E-state index in [0.717, 1.165) is 30.4 Å². The Balaban J connectivity index is 2.10. The first kappa shape index (κ1) is 22.9. The Bertz CT molecular complexity index is 997. The molecular weight excluding hydrogens is 414 g/mol. The number of aliphatic hydroxyl groups excluding tert-OH is 1. The third-order valence-corrected chi connectivity index (χ3v) is 5.73. The van der Waals surface area contributed by atoms with Crippen LogP contribution in [0.4, 0.5) is 0 Å². The van der Waals surface area contributed by atoms with Crippen LogP contribution < -0.4 is 4.74 Å². The molecule has 3 rings (SSSR count). The summed E-state index contributed by atoms with van der Waals surface area (Å²) in [5.41, 5.74) is 2.16. The van der Waals surface area contributed by atoms with E-state index in [4.69, 9.17) is 16.3 Å². The fraction of sp³-hybridized carbons (Fsp3) is 0.360. The van der Waals surface area contributed by atoms with Crippen molar-refractivity contribution >= 4 is 29.1 Å². The Kier molecular flexibility index (Phi) is 7.39. The van der Waals surface area contributed by atoms with Gasteiger partial charge in [-0.1, -0.05) is 43.5 Å². The number of carbonyl (C=O) groups excluding carboxylic acids is 2. The monoisotopic (exact) mass is 441 g/mol. The van der Waals surface area contributed by atoms with Crippen LogP contribution in [0.15, 0.2) is 48.0 Å². The predicted molar refractivity (Wildman–Crippen MR) is 122 cm³/mol. The highest BCUT2D eigenvalue weighted by atomic mass is 35.5. The van der Waals surface area contributed by atoms with Crippen molar-refractivity contribution in [1.29, 1.82) is 0 Å². The molecule has 31 heavy (non-hydrogen) atoms. The van der Waals surface area contributed by atoms with Gasteiger partial charge in [0.25, 0.3) is 11.7 Å². The van der Waals surface area contributed by atoms with Gasteiger partial charge < -0.3 is 14.7 Å². The van der Waals surface area contributed by atoms with Crippen LogP contribution in [0.3, 0.4) is 0 Å². The van der Waals surface area contributed by atoms with Gasteiger partial charge in [-0.2, -0.15) is 0 Å². The van der Waals surface area contributed by atoms with Crippen molar-refractivity contribution in [2.24, 2.45) is 0 Å². The molecule has 0 bridgehead atoms. The van der Waals surface area contributed by atoms with Gasteiger partial charge in [0.05, 0.1) is 18.2 Å². The van der Waals surface area contributed by atoms with Crippen LogP contribution in [0.2, 0.25) is 5.02 Å². The summed E-state index contributed by atoms with van der Waals surface area (Å²) in [5.74, 6) is -0.712. The van der Waals surface area contributed by atoms with E-state index >= 15 is 0 Å². The molecule has 6 heteroatoms. The number of hydrogen-bond acceptors (Lipinski definition) is 4. The van der Waals surface area contributed by atoms with Crippen LogP contribution in [0.1, 0.15) is 55.8 Å². The summed E-state index contributed by atoms with van der Waals surface area (Å²) in [6.07, 6.45) is 2.74. The first-order valence-electron chi connectivity index (χ1n) is 10.7. The fourth-order valence-corrected chi connectivity index (χ4v) is 4.03. The molecule has 1 heterocycles. The molecule has 0 aromatic heterocycles. The summed E-state index contributed by atoms with van der Waals surface area (Å²) in [5, 5.41) is 11.7. The number of hydrogen-bond donors (Lipinski definition) is 1. The molecule has 0 spiro atoms. The Hall–Kier alpha value is -2.79. The highest BCUT2D eigenvalue weighted by molar-refractivity contribution is 6.46. The van der Waals surface area contributed by atoms with E-state index in [0.29, 0.717) is 29.5 Å². The lowest BCUT2D eigenvalue weighted by Gasteiger charge is -2.25. The number of aliphatic hydroxyl groups is 1. The van der Waals surface area contributed by atoms with Gasteiger partial charge in [-0.05, 0) is 61.7 Å². The summed E-state index contributed by atoms with van der Waals surface area (Å²) < 4.78 is 5.57. The third kappa shape index (κ3) is 4.77. The second-order valence-corrected chi connectivity index (χ2v) is 8.10. The van der Waals surface area contributed by atoms with Gasteiger partial charge in [0, 0.05) is 17.1 Å². The van der Waals surface area contributed by atoms with Crippen molar-refractivity contribution < 1.29 is 19.4 Å². The minimum atomic E-state index is -0.666. The number of nitrogens with zero attached hydrogens (tertiary/aromatic N) is 1. The zero-order valence-corrected chi connectivity index (χ0v) is 18.9. The second-order valence-electron chi connectivity index (χ2n) is 7.66. The fourth-order valence-electron chi connectivity index (χ4n) is 3.90. The van der Waals surface area contributed by atoms with Gasteiger partial charge >= 0.3 is 0 Å². The molecule has 2 aromatic rings. The molecule has 2 aromatic carbocycles. The summed E-state index contributed by atoms with van der Waals surface area (Å²) in [7, 11) is 0. The molecule has 0 aliphatic carbocycles. The lowest BCUT2D eigenvalue weighted by Crippen LogP contribution is -2.30. The van der Waals surface area contributed by atoms with Crippen molar-refractivity contribution in [1.82, 2.24) is 4.90 Å². The lowest BCUT2D eigenvalue weighted by molar-refractivity contribution is -0.139. The predicted octanol–water partition coefficient (Wildman–Crippen LogP) is 5.66. The molecule has 1 unspecified atom stereocenters. The SMILES string of the molecule is CCCCCN1C(=O)C(=O)/C(=C(\O)c2ccc(OCC)c(C)c2)C1c1ccc(Cl)cc1. The van der Waals surface area contributed by atoms with Crippen LogP contribution in [0.5, 0.6) is 5.75 Å². The Morgan fingerprint density at radius 1 is 1.10 bits per heavy atom. The van der Waals surface area contributed by atoms with Crippen molar-refractivity contribution in [3.05, 3.63) is 69.8 Å². The van der Waals surface area contributed by atoms with Crippen LogP contribution in [0.25, 0.3) is 5.76 Å². The van der Waals surface area contributed by atoms with E-state index in [1.807, 2.05) is 13.8 Å². The number of rotatable bonds is 8. The minimum absolute atomic E-state index is 0.104. The standard InChI is InChI=1S/C25H28ClNO4/c1-4-6-7-14-27-22(17-8-11-19(26)12-9-17)21(24(29)25(27)30)23(28)18-10-13-20(31-5-2)16(3)15-18/h8-13,15,22,28H,4-7,14H2,1-3H3/b23-21-. The maximum atomic E-state index is 13.0. The van der Waals surface area contributed by atoms with Crippen molar-refractivity contribution in [3.63, 3.8) is 0 Å². The van der Waals surface area contributed by atoms with Crippen molar-refractivity contribution in [3.8, 4) is 5.75 Å². The molecule has 0 radical (unpaired) electrons. The van der Waals surface area contributed by atoms with Crippen LogP contribution in [-0.4, -0.2) is 34.8 Å². The molecule has 164 valence electrons. The molecule has 1 saturated heterocycles. The molecule has 1 aliphatic rings. The number of aryl methyl sites for hydroxylation is 1. The smallest absolute Gasteiger partial charge is 0.295 e. The van der Waals surface area contributed by atoms with E-state index in [2.05, 4.69) is 6.92 Å². The van der Waals surface area contributed by atoms with E-state index in [-0.39, 0.29) is 11.3 Å². The normalized spacial score (nSPS) is 17.9. The molecular formula is C25H28ClNO4. The van der Waals surface area contributed by atoms with Gasteiger partial charge in [-0.25, -0.2) is 0 Å². The number of Topliss-reactive ketones (excluding diaryl/α,β-unsaturated/α-hetero) is 1. The van der Waals surface area contributed by atoms with Crippen LogP contribution >= 0.6 is 11.6 Å². The first-order chi connectivity index (χ1) is 14.9. The van der Waals surface area contributed by atoms with Crippen LogP contribution in [-0.2, 0) is 9.59 Å². The van der Waals surface area contributed by atoms with Gasteiger partial charge in [-0.3, -0.25) is 9.59 Å². The number of amides is 1. The van der Waals surface area contributed by atoms with Crippen LogP contribution in [0, 0.1) is 6.92 Å². The average molecular weight is 442 g/mol. The number of halogens is 1. The number of carbonyl (C=O) groups is 2. The topological polar surface area (TPSA) is 66.8 Å². The quantitative estimate of drug-likeness (QED) is 0.248. The number of likely N-dealkylation sites (tertiary alicyclic amines) is 1. The Morgan fingerprint density at radius 3 is 2.42 bits per heavy atom. The zero-order valence-electron chi connectivity index (χ0n) is 18.2. The zero-order chi connectivity index (χ0) is 22.5. The molecule has 5 nitrogen and oxygen atoms in total.